The van der Waals surface area contributed by atoms with Gasteiger partial charge in [0.1, 0.15) is 0 Å². The minimum atomic E-state index is 0.250. The molecule has 0 rings (SSSR count). The van der Waals surface area contributed by atoms with Crippen molar-refractivity contribution in [2.24, 2.45) is 5.92 Å². The lowest BCUT2D eigenvalue weighted by Gasteiger charge is -2.25. The highest BCUT2D eigenvalue weighted by atomic mass is 16.3. The Morgan fingerprint density at radius 2 is 1.75 bits per heavy atom. The molecule has 2 nitrogen and oxygen atoms in total. The molecule has 0 aromatic rings. The Morgan fingerprint density at radius 3 is 2.00 bits per heavy atom. The fourth-order valence-electron chi connectivity index (χ4n) is 1.38. The molecule has 0 aromatic carbocycles. The molecule has 0 unspecified atom stereocenters. The molecule has 0 aliphatic heterocycles. The van der Waals surface area contributed by atoms with Gasteiger partial charge in [0, 0.05) is 12.1 Å². The van der Waals surface area contributed by atoms with E-state index in [1.165, 1.54) is 0 Å². The second-order valence-corrected chi connectivity index (χ2v) is 3.71. The Morgan fingerprint density at radius 1 is 1.17 bits per heavy atom. The minimum absolute atomic E-state index is 0.250. The topological polar surface area (TPSA) is 32.3 Å². The van der Waals surface area contributed by atoms with Crippen LogP contribution in [0.4, 0.5) is 0 Å². The van der Waals surface area contributed by atoms with E-state index in [2.05, 4.69) is 33.0 Å². The number of aliphatic hydroxyl groups excluding tert-OH is 1. The normalized spacial score (nSPS) is 16.5. The van der Waals surface area contributed by atoms with Crippen molar-refractivity contribution < 1.29 is 5.11 Å². The van der Waals surface area contributed by atoms with Gasteiger partial charge in [0.05, 0.1) is 6.61 Å². The fraction of sp³-hybridized carbons (Fsp3) is 1.00. The van der Waals surface area contributed by atoms with Crippen molar-refractivity contribution in [3.63, 3.8) is 0 Å². The van der Waals surface area contributed by atoms with Crippen LogP contribution < -0.4 is 5.32 Å². The van der Waals surface area contributed by atoms with Crippen LogP contribution in [0.1, 0.15) is 40.5 Å². The van der Waals surface area contributed by atoms with E-state index in [0.717, 1.165) is 12.8 Å². The van der Waals surface area contributed by atoms with Crippen LogP contribution >= 0.6 is 0 Å². The Kier molecular flexibility index (Phi) is 6.39. The van der Waals surface area contributed by atoms with Gasteiger partial charge < -0.3 is 10.4 Å². The van der Waals surface area contributed by atoms with Crippen molar-refractivity contribution in [1.82, 2.24) is 5.32 Å². The van der Waals surface area contributed by atoms with Crippen LogP contribution in [0.15, 0.2) is 0 Å². The first kappa shape index (κ1) is 11.9. The van der Waals surface area contributed by atoms with Gasteiger partial charge in [0.15, 0.2) is 0 Å². The van der Waals surface area contributed by atoms with Gasteiger partial charge in [-0.3, -0.25) is 0 Å². The summed E-state index contributed by atoms with van der Waals surface area (Å²) in [6.45, 7) is 8.96. The van der Waals surface area contributed by atoms with Crippen molar-refractivity contribution in [2.75, 3.05) is 6.61 Å². The molecule has 0 fully saturated rings. The lowest BCUT2D eigenvalue weighted by atomic mass is 10.0. The molecule has 0 aliphatic rings. The van der Waals surface area contributed by atoms with Crippen molar-refractivity contribution in [3.8, 4) is 0 Å². The average Bonchev–Trinajstić information content (AvgIpc) is 2.06. The van der Waals surface area contributed by atoms with Crippen LogP contribution in [0.2, 0.25) is 0 Å². The summed E-state index contributed by atoms with van der Waals surface area (Å²) in [5.41, 5.74) is 0. The molecule has 0 aliphatic carbocycles. The molecule has 0 amide bonds. The molecular formula is C10H23NO. The maximum atomic E-state index is 8.99. The van der Waals surface area contributed by atoms with Gasteiger partial charge in [0.2, 0.25) is 0 Å². The average molecular weight is 173 g/mol. The zero-order chi connectivity index (χ0) is 9.56. The third-order valence-corrected chi connectivity index (χ3v) is 2.41. The maximum absolute atomic E-state index is 8.99. The van der Waals surface area contributed by atoms with Gasteiger partial charge in [-0.1, -0.05) is 27.7 Å². The Bertz CT molecular complexity index is 100. The summed E-state index contributed by atoms with van der Waals surface area (Å²) in [6.07, 6.45) is 2.13. The zero-order valence-electron chi connectivity index (χ0n) is 8.80. The van der Waals surface area contributed by atoms with Gasteiger partial charge >= 0.3 is 0 Å². The van der Waals surface area contributed by atoms with Gasteiger partial charge in [0.25, 0.3) is 0 Å². The standard InChI is InChI=1S/C10H23NO/c1-5-9(7-12)11-10(6-2)8(3)4/h8-12H,5-7H2,1-4H3/t9-,10-/m1/s1. The van der Waals surface area contributed by atoms with Crippen LogP contribution in [-0.4, -0.2) is 23.8 Å². The smallest absolute Gasteiger partial charge is 0.0584 e. The fourth-order valence-corrected chi connectivity index (χ4v) is 1.38. The predicted molar refractivity (Wildman–Crippen MR) is 53.2 cm³/mol. The largest absolute Gasteiger partial charge is 0.395 e. The van der Waals surface area contributed by atoms with Crippen LogP contribution in [0.5, 0.6) is 0 Å². The minimum Gasteiger partial charge on any atom is -0.395 e. The molecule has 2 atom stereocenters. The first-order chi connectivity index (χ1) is 5.65. The summed E-state index contributed by atoms with van der Waals surface area (Å²) in [5, 5.41) is 12.4. The highest BCUT2D eigenvalue weighted by Gasteiger charge is 2.14. The summed E-state index contributed by atoms with van der Waals surface area (Å²) in [5.74, 6) is 0.649. The van der Waals surface area contributed by atoms with E-state index in [1.807, 2.05) is 0 Å². The third kappa shape index (κ3) is 4.07. The van der Waals surface area contributed by atoms with Crippen LogP contribution in [-0.2, 0) is 0 Å². The lowest BCUT2D eigenvalue weighted by molar-refractivity contribution is 0.214. The monoisotopic (exact) mass is 173 g/mol. The first-order valence-corrected chi connectivity index (χ1v) is 5.02. The Balaban J connectivity index is 3.82. The van der Waals surface area contributed by atoms with Crippen LogP contribution in [0.3, 0.4) is 0 Å². The van der Waals surface area contributed by atoms with E-state index < -0.39 is 0 Å². The summed E-state index contributed by atoms with van der Waals surface area (Å²) in [6, 6.07) is 0.819. The van der Waals surface area contributed by atoms with E-state index in [-0.39, 0.29) is 12.6 Å². The molecule has 0 aromatic heterocycles. The summed E-state index contributed by atoms with van der Waals surface area (Å²) in [7, 11) is 0. The summed E-state index contributed by atoms with van der Waals surface area (Å²) in [4.78, 5) is 0. The number of aliphatic hydroxyl groups is 1. The van der Waals surface area contributed by atoms with Gasteiger partial charge in [-0.25, -0.2) is 0 Å². The molecule has 0 spiro atoms. The molecule has 0 bridgehead atoms. The van der Waals surface area contributed by atoms with E-state index >= 15 is 0 Å². The molecule has 2 N–H and O–H groups in total. The number of rotatable bonds is 6. The van der Waals surface area contributed by atoms with Gasteiger partial charge in [-0.05, 0) is 18.8 Å². The Labute approximate surface area is 76.4 Å². The number of hydrogen-bond acceptors (Lipinski definition) is 2. The van der Waals surface area contributed by atoms with Crippen molar-refractivity contribution in [2.45, 2.75) is 52.6 Å². The second-order valence-electron chi connectivity index (χ2n) is 3.71. The highest BCUT2D eigenvalue weighted by molar-refractivity contribution is 4.74. The van der Waals surface area contributed by atoms with Crippen LogP contribution in [0, 0.1) is 5.92 Å². The summed E-state index contributed by atoms with van der Waals surface area (Å²) >= 11 is 0. The highest BCUT2D eigenvalue weighted by Crippen LogP contribution is 2.07. The molecule has 74 valence electrons. The molecular weight excluding hydrogens is 150 g/mol. The van der Waals surface area contributed by atoms with Gasteiger partial charge in [-0.15, -0.1) is 0 Å². The van der Waals surface area contributed by atoms with Crippen molar-refractivity contribution in [1.29, 1.82) is 0 Å². The first-order valence-electron chi connectivity index (χ1n) is 5.02. The van der Waals surface area contributed by atoms with Crippen molar-refractivity contribution >= 4 is 0 Å². The quantitative estimate of drug-likeness (QED) is 0.641. The van der Waals surface area contributed by atoms with E-state index in [9.17, 15) is 0 Å². The number of nitrogens with one attached hydrogen (secondary N) is 1. The van der Waals surface area contributed by atoms with Crippen LogP contribution in [0.25, 0.3) is 0 Å². The predicted octanol–water partition coefficient (Wildman–Crippen LogP) is 1.78. The Hall–Kier alpha value is -0.0800. The summed E-state index contributed by atoms with van der Waals surface area (Å²) < 4.78 is 0. The van der Waals surface area contributed by atoms with E-state index in [0.29, 0.717) is 12.0 Å². The zero-order valence-corrected chi connectivity index (χ0v) is 8.80. The third-order valence-electron chi connectivity index (χ3n) is 2.41. The van der Waals surface area contributed by atoms with Gasteiger partial charge in [-0.2, -0.15) is 0 Å². The van der Waals surface area contributed by atoms with E-state index in [1.54, 1.807) is 0 Å². The maximum Gasteiger partial charge on any atom is 0.0584 e. The SMILES string of the molecule is CC[C@H](CO)N[C@H](CC)C(C)C. The number of hydrogen-bond donors (Lipinski definition) is 2. The van der Waals surface area contributed by atoms with Crippen molar-refractivity contribution in [3.05, 3.63) is 0 Å². The van der Waals surface area contributed by atoms with E-state index in [4.69, 9.17) is 5.11 Å². The molecule has 0 radical (unpaired) electrons. The molecule has 0 saturated heterocycles. The lowest BCUT2D eigenvalue weighted by Crippen LogP contribution is -2.42. The second kappa shape index (κ2) is 6.44. The molecule has 12 heavy (non-hydrogen) atoms. The molecule has 2 heteroatoms. The molecule has 0 saturated carbocycles. The molecule has 0 heterocycles.